The van der Waals surface area contributed by atoms with Crippen LogP contribution in [-0.4, -0.2) is 47.5 Å². The third kappa shape index (κ3) is 3.27. The van der Waals surface area contributed by atoms with E-state index in [1.165, 1.54) is 0 Å². The van der Waals surface area contributed by atoms with E-state index in [9.17, 15) is 0 Å². The minimum Gasteiger partial charge on any atom is -0.338 e. The Balaban J connectivity index is 2.89. The SMILES string of the molecule is CC1B(N(C(C)C)C(C)C)C(C)B1N(C(C)C)C(C)C. The molecule has 1 heterocycles. The molecule has 1 aliphatic rings. The van der Waals surface area contributed by atoms with E-state index in [-0.39, 0.29) is 0 Å². The number of hydrogen-bond acceptors (Lipinski definition) is 2. The van der Waals surface area contributed by atoms with Crippen molar-refractivity contribution < 1.29 is 0 Å². The van der Waals surface area contributed by atoms with E-state index in [2.05, 4.69) is 78.9 Å². The molecule has 1 fully saturated rings. The van der Waals surface area contributed by atoms with E-state index < -0.39 is 0 Å². The van der Waals surface area contributed by atoms with Crippen LogP contribution in [0, 0.1) is 0 Å². The van der Waals surface area contributed by atoms with Crippen LogP contribution in [0.4, 0.5) is 0 Å². The first-order valence-electron chi connectivity index (χ1n) is 8.66. The highest BCUT2D eigenvalue weighted by Gasteiger charge is 2.57. The Labute approximate surface area is 128 Å². The van der Waals surface area contributed by atoms with Gasteiger partial charge in [-0.25, -0.2) is 0 Å². The summed E-state index contributed by atoms with van der Waals surface area (Å²) in [5.74, 6) is 0. The van der Waals surface area contributed by atoms with Gasteiger partial charge in [0.1, 0.15) is 0 Å². The van der Waals surface area contributed by atoms with Gasteiger partial charge in [-0.15, -0.1) is 0 Å². The quantitative estimate of drug-likeness (QED) is 0.675. The van der Waals surface area contributed by atoms with Crippen molar-refractivity contribution in [1.29, 1.82) is 0 Å². The summed E-state index contributed by atoms with van der Waals surface area (Å²) in [6.07, 6.45) is 0. The molecular weight excluding hydrogens is 242 g/mol. The molecule has 0 saturated carbocycles. The molecule has 1 saturated heterocycles. The zero-order valence-corrected chi connectivity index (χ0v) is 15.5. The van der Waals surface area contributed by atoms with Gasteiger partial charge in [-0.1, -0.05) is 80.7 Å². The molecule has 1 aliphatic heterocycles. The third-order valence-corrected chi connectivity index (χ3v) is 5.23. The molecule has 20 heavy (non-hydrogen) atoms. The summed E-state index contributed by atoms with van der Waals surface area (Å²) in [5.41, 5.74) is 1.53. The molecule has 2 nitrogen and oxygen atoms in total. The van der Waals surface area contributed by atoms with Gasteiger partial charge in [0.05, 0.1) is 0 Å². The average molecular weight is 278 g/mol. The summed E-state index contributed by atoms with van der Waals surface area (Å²) in [4.78, 5) is 5.45. The lowest BCUT2D eigenvalue weighted by Crippen LogP contribution is -2.71. The molecule has 0 aliphatic carbocycles. The molecule has 0 N–H and O–H groups in total. The smallest absolute Gasteiger partial charge is 0.217 e. The van der Waals surface area contributed by atoms with E-state index >= 15 is 0 Å². The molecule has 0 unspecified atom stereocenters. The van der Waals surface area contributed by atoms with Crippen molar-refractivity contribution in [3.8, 4) is 0 Å². The molecule has 0 atom stereocenters. The first-order chi connectivity index (χ1) is 9.11. The Bertz CT molecular complexity index is 251. The Morgan fingerprint density at radius 1 is 0.550 bits per heavy atom. The summed E-state index contributed by atoms with van der Waals surface area (Å²) < 4.78 is 0. The second kappa shape index (κ2) is 6.87. The lowest BCUT2D eigenvalue weighted by Gasteiger charge is -2.57. The summed E-state index contributed by atoms with van der Waals surface area (Å²) in [6.45, 7) is 25.1. The van der Waals surface area contributed by atoms with Gasteiger partial charge in [-0.2, -0.15) is 0 Å². The van der Waals surface area contributed by atoms with Gasteiger partial charge < -0.3 is 9.62 Å². The van der Waals surface area contributed by atoms with Crippen LogP contribution < -0.4 is 0 Å². The lowest BCUT2D eigenvalue weighted by molar-refractivity contribution is 0.273. The maximum absolute atomic E-state index is 2.73. The van der Waals surface area contributed by atoms with Crippen LogP contribution in [0.1, 0.15) is 69.2 Å². The molecule has 4 heteroatoms. The fraction of sp³-hybridized carbons (Fsp3) is 1.00. The Morgan fingerprint density at radius 3 is 0.900 bits per heavy atom. The number of hydrogen-bond donors (Lipinski definition) is 0. The van der Waals surface area contributed by atoms with Gasteiger partial charge in [0.15, 0.2) is 0 Å². The first-order valence-corrected chi connectivity index (χ1v) is 8.66. The van der Waals surface area contributed by atoms with Crippen molar-refractivity contribution >= 4 is 13.7 Å². The molecule has 1 rings (SSSR count). The standard InChI is InChI=1S/C16H36B2N2/c1-11(2)19(12(3)4)17-15(9)18(16(17)10)20(13(5)6)14(7)8/h11-16H,1-10H3. The van der Waals surface area contributed by atoms with Gasteiger partial charge in [0.2, 0.25) is 13.7 Å². The van der Waals surface area contributed by atoms with E-state index in [1.54, 1.807) is 0 Å². The zero-order valence-electron chi connectivity index (χ0n) is 15.5. The fourth-order valence-electron chi connectivity index (χ4n) is 4.87. The highest BCUT2D eigenvalue weighted by molar-refractivity contribution is 6.96. The summed E-state index contributed by atoms with van der Waals surface area (Å²) in [6, 6.07) is 2.55. The maximum Gasteiger partial charge on any atom is 0.217 e. The predicted molar refractivity (Wildman–Crippen MR) is 94.6 cm³/mol. The molecular formula is C16H36B2N2. The Hall–Kier alpha value is 0.0499. The van der Waals surface area contributed by atoms with E-state index in [0.29, 0.717) is 24.2 Å². The monoisotopic (exact) mass is 278 g/mol. The topological polar surface area (TPSA) is 6.48 Å². The van der Waals surface area contributed by atoms with E-state index in [0.717, 1.165) is 25.1 Å². The Morgan fingerprint density at radius 2 is 0.750 bits per heavy atom. The number of rotatable bonds is 6. The minimum absolute atomic E-state index is 0.636. The fourth-order valence-corrected chi connectivity index (χ4v) is 4.87. The summed E-state index contributed by atoms with van der Waals surface area (Å²) in [5, 5.41) is 0. The number of nitrogens with zero attached hydrogens (tertiary/aromatic N) is 2. The van der Waals surface area contributed by atoms with Crippen molar-refractivity contribution in [3.05, 3.63) is 0 Å². The largest absolute Gasteiger partial charge is 0.338 e. The maximum atomic E-state index is 2.73. The molecule has 116 valence electrons. The first kappa shape index (κ1) is 18.1. The van der Waals surface area contributed by atoms with Crippen LogP contribution >= 0.6 is 0 Å². The van der Waals surface area contributed by atoms with Crippen molar-refractivity contribution in [3.63, 3.8) is 0 Å². The molecule has 0 spiro atoms. The predicted octanol–water partition coefficient (Wildman–Crippen LogP) is 4.08. The molecule has 0 aromatic rings. The van der Waals surface area contributed by atoms with Crippen molar-refractivity contribution in [2.24, 2.45) is 0 Å². The van der Waals surface area contributed by atoms with Gasteiger partial charge in [0.25, 0.3) is 0 Å². The normalized spacial score (nSPS) is 24.0. The highest BCUT2D eigenvalue weighted by atomic mass is 15.2. The van der Waals surface area contributed by atoms with E-state index in [1.807, 2.05) is 0 Å². The van der Waals surface area contributed by atoms with Gasteiger partial charge in [0, 0.05) is 0 Å². The highest BCUT2D eigenvalue weighted by Crippen LogP contribution is 2.46. The second-order valence-corrected chi connectivity index (χ2v) is 7.97. The third-order valence-electron chi connectivity index (χ3n) is 5.23. The molecule has 0 bridgehead atoms. The minimum atomic E-state index is 0.636. The van der Waals surface area contributed by atoms with Crippen LogP contribution in [0.25, 0.3) is 0 Å². The lowest BCUT2D eigenvalue weighted by atomic mass is 9.05. The summed E-state index contributed by atoms with van der Waals surface area (Å²) >= 11 is 0. The van der Waals surface area contributed by atoms with Crippen LogP contribution in [0.15, 0.2) is 0 Å². The molecule has 0 aromatic heterocycles. The van der Waals surface area contributed by atoms with Crippen molar-refractivity contribution in [2.75, 3.05) is 0 Å². The molecule has 0 radical (unpaired) electrons. The van der Waals surface area contributed by atoms with Crippen LogP contribution in [0.2, 0.25) is 11.4 Å². The zero-order chi connectivity index (χ0) is 15.8. The van der Waals surface area contributed by atoms with Gasteiger partial charge >= 0.3 is 0 Å². The van der Waals surface area contributed by atoms with E-state index in [4.69, 9.17) is 0 Å². The van der Waals surface area contributed by atoms with Crippen LogP contribution in [-0.2, 0) is 0 Å². The molecule has 0 amide bonds. The van der Waals surface area contributed by atoms with Gasteiger partial charge in [-0.05, 0) is 24.2 Å². The molecule has 0 aromatic carbocycles. The average Bonchev–Trinajstić information content (AvgIpc) is 2.30. The van der Waals surface area contributed by atoms with Crippen LogP contribution in [0.5, 0.6) is 0 Å². The summed E-state index contributed by atoms with van der Waals surface area (Å²) in [7, 11) is 0. The van der Waals surface area contributed by atoms with Gasteiger partial charge in [-0.3, -0.25) is 0 Å². The second-order valence-electron chi connectivity index (χ2n) is 7.97. The Kier molecular flexibility index (Phi) is 6.22. The van der Waals surface area contributed by atoms with Crippen molar-refractivity contribution in [1.82, 2.24) is 9.62 Å². The van der Waals surface area contributed by atoms with Crippen LogP contribution in [0.3, 0.4) is 0 Å². The van der Waals surface area contributed by atoms with Crippen molar-refractivity contribution in [2.45, 2.75) is 105 Å².